The first-order chi connectivity index (χ1) is 7.50. The molecule has 1 rings (SSSR count). The van der Waals surface area contributed by atoms with Crippen LogP contribution in [0.5, 0.6) is 5.75 Å². The van der Waals surface area contributed by atoms with Crippen molar-refractivity contribution in [3.63, 3.8) is 0 Å². The van der Waals surface area contributed by atoms with Crippen LogP contribution in [0.15, 0.2) is 18.2 Å². The number of halogens is 1. The number of nitro benzene ring substituents is 1. The van der Waals surface area contributed by atoms with Gasteiger partial charge >= 0.3 is 5.69 Å². The predicted octanol–water partition coefficient (Wildman–Crippen LogP) is 1.67. The summed E-state index contributed by atoms with van der Waals surface area (Å²) in [6.07, 6.45) is 0. The molecule has 1 aromatic rings. The second kappa shape index (κ2) is 5.41. The van der Waals surface area contributed by atoms with Gasteiger partial charge < -0.3 is 9.64 Å². The molecule has 1 aromatic carbocycles. The smallest absolute Gasteiger partial charge is 0.305 e. The number of hydrogen-bond donors (Lipinski definition) is 0. The van der Waals surface area contributed by atoms with Crippen LogP contribution in [0.1, 0.15) is 0 Å². The number of benzene rings is 1. The summed E-state index contributed by atoms with van der Waals surface area (Å²) in [5, 5.41) is 10.4. The molecule has 0 N–H and O–H groups in total. The number of nitro groups is 1. The van der Waals surface area contributed by atoms with E-state index in [2.05, 4.69) is 0 Å². The van der Waals surface area contributed by atoms with Crippen molar-refractivity contribution in [2.75, 3.05) is 27.2 Å². The van der Waals surface area contributed by atoms with Crippen molar-refractivity contribution >= 4 is 5.69 Å². The molecule has 16 heavy (non-hydrogen) atoms. The average Bonchev–Trinajstić information content (AvgIpc) is 2.16. The lowest BCUT2D eigenvalue weighted by molar-refractivity contribution is -0.387. The summed E-state index contributed by atoms with van der Waals surface area (Å²) in [6.45, 7) is 1.10. The number of likely N-dealkylation sites (N-methyl/N-ethyl adjacent to an activating group) is 1. The summed E-state index contributed by atoms with van der Waals surface area (Å²) in [7, 11) is 3.78. The molecule has 5 nitrogen and oxygen atoms in total. The summed E-state index contributed by atoms with van der Waals surface area (Å²) in [5.74, 6) is -0.586. The highest BCUT2D eigenvalue weighted by Gasteiger charge is 2.13. The first-order valence-corrected chi connectivity index (χ1v) is 4.72. The maximum Gasteiger partial charge on any atom is 0.305 e. The van der Waals surface area contributed by atoms with Gasteiger partial charge in [-0.15, -0.1) is 0 Å². The van der Waals surface area contributed by atoms with E-state index in [4.69, 9.17) is 4.74 Å². The third-order valence-electron chi connectivity index (χ3n) is 1.92. The fraction of sp³-hybridized carbons (Fsp3) is 0.400. The highest BCUT2D eigenvalue weighted by atomic mass is 19.1. The highest BCUT2D eigenvalue weighted by Crippen LogP contribution is 2.22. The van der Waals surface area contributed by atoms with Gasteiger partial charge in [-0.05, 0) is 20.2 Å². The second-order valence-electron chi connectivity index (χ2n) is 3.52. The third kappa shape index (κ3) is 3.47. The molecule has 0 atom stereocenters. The van der Waals surface area contributed by atoms with Crippen molar-refractivity contribution in [1.29, 1.82) is 0 Å². The summed E-state index contributed by atoms with van der Waals surface area (Å²) >= 11 is 0. The van der Waals surface area contributed by atoms with Gasteiger partial charge in [0.1, 0.15) is 12.4 Å². The Kier molecular flexibility index (Phi) is 4.19. The lowest BCUT2D eigenvalue weighted by atomic mass is 10.3. The third-order valence-corrected chi connectivity index (χ3v) is 1.92. The lowest BCUT2D eigenvalue weighted by Crippen LogP contribution is -2.19. The number of rotatable bonds is 5. The van der Waals surface area contributed by atoms with Gasteiger partial charge in [-0.1, -0.05) is 0 Å². The molecule has 0 saturated carbocycles. The van der Waals surface area contributed by atoms with E-state index in [-0.39, 0.29) is 0 Å². The summed E-state index contributed by atoms with van der Waals surface area (Å²) in [4.78, 5) is 11.5. The molecule has 6 heteroatoms. The topological polar surface area (TPSA) is 55.6 Å². The van der Waals surface area contributed by atoms with Crippen molar-refractivity contribution in [2.24, 2.45) is 0 Å². The van der Waals surface area contributed by atoms with Gasteiger partial charge in [0.25, 0.3) is 0 Å². The van der Waals surface area contributed by atoms with Crippen LogP contribution in [0, 0.1) is 15.9 Å². The maximum absolute atomic E-state index is 13.2. The fourth-order valence-electron chi connectivity index (χ4n) is 1.07. The summed E-state index contributed by atoms with van der Waals surface area (Å²) in [5.41, 5.74) is -0.542. The van der Waals surface area contributed by atoms with Crippen LogP contribution in [0.2, 0.25) is 0 Å². The van der Waals surface area contributed by atoms with Gasteiger partial charge in [-0.3, -0.25) is 10.1 Å². The Morgan fingerprint density at radius 3 is 2.69 bits per heavy atom. The molecule has 0 aliphatic rings. The van der Waals surface area contributed by atoms with Crippen LogP contribution in [0.4, 0.5) is 10.1 Å². The normalized spacial score (nSPS) is 10.5. The zero-order valence-corrected chi connectivity index (χ0v) is 9.14. The standard InChI is InChI=1S/C10H13FN2O3/c1-12(2)5-6-16-8-3-4-10(13(14)15)9(11)7-8/h3-4,7H,5-6H2,1-2H3. The van der Waals surface area contributed by atoms with E-state index in [0.717, 1.165) is 12.1 Å². The lowest BCUT2D eigenvalue weighted by Gasteiger charge is -2.10. The average molecular weight is 228 g/mol. The van der Waals surface area contributed by atoms with E-state index in [1.165, 1.54) is 6.07 Å². The Bertz CT molecular complexity index is 382. The Labute approximate surface area is 92.6 Å². The molecular weight excluding hydrogens is 215 g/mol. The van der Waals surface area contributed by atoms with Crippen molar-refractivity contribution in [2.45, 2.75) is 0 Å². The summed E-state index contributed by atoms with van der Waals surface area (Å²) in [6, 6.07) is 3.50. The van der Waals surface area contributed by atoms with E-state index in [9.17, 15) is 14.5 Å². The zero-order chi connectivity index (χ0) is 12.1. The minimum Gasteiger partial charge on any atom is -0.492 e. The van der Waals surface area contributed by atoms with Gasteiger partial charge in [0.2, 0.25) is 5.82 Å². The minimum atomic E-state index is -0.882. The molecule has 0 amide bonds. The van der Waals surface area contributed by atoms with Crippen LogP contribution in [-0.4, -0.2) is 37.1 Å². The van der Waals surface area contributed by atoms with Gasteiger partial charge in [0, 0.05) is 18.7 Å². The quantitative estimate of drug-likeness (QED) is 0.568. The molecule has 0 radical (unpaired) electrons. The van der Waals surface area contributed by atoms with E-state index >= 15 is 0 Å². The Morgan fingerprint density at radius 2 is 2.19 bits per heavy atom. The van der Waals surface area contributed by atoms with Gasteiger partial charge in [-0.2, -0.15) is 4.39 Å². The first-order valence-electron chi connectivity index (χ1n) is 4.72. The van der Waals surface area contributed by atoms with Crippen LogP contribution < -0.4 is 4.74 Å². The molecule has 0 fully saturated rings. The number of hydrogen-bond acceptors (Lipinski definition) is 4. The predicted molar refractivity (Wildman–Crippen MR) is 57.1 cm³/mol. The molecule has 0 aliphatic heterocycles. The van der Waals surface area contributed by atoms with E-state index in [0.29, 0.717) is 18.9 Å². The highest BCUT2D eigenvalue weighted by molar-refractivity contribution is 5.37. The van der Waals surface area contributed by atoms with E-state index < -0.39 is 16.4 Å². The molecular formula is C10H13FN2O3. The molecule has 0 aliphatic carbocycles. The van der Waals surface area contributed by atoms with Crippen LogP contribution in [0.3, 0.4) is 0 Å². The first kappa shape index (κ1) is 12.4. The largest absolute Gasteiger partial charge is 0.492 e. The fourth-order valence-corrected chi connectivity index (χ4v) is 1.07. The Morgan fingerprint density at radius 1 is 1.50 bits per heavy atom. The SMILES string of the molecule is CN(C)CCOc1ccc([N+](=O)[O-])c(F)c1. The van der Waals surface area contributed by atoms with Gasteiger partial charge in [0.05, 0.1) is 4.92 Å². The van der Waals surface area contributed by atoms with Crippen molar-refractivity contribution < 1.29 is 14.1 Å². The van der Waals surface area contributed by atoms with Crippen LogP contribution >= 0.6 is 0 Å². The molecule has 0 spiro atoms. The van der Waals surface area contributed by atoms with Crippen molar-refractivity contribution in [3.8, 4) is 5.75 Å². The maximum atomic E-state index is 13.2. The van der Waals surface area contributed by atoms with Crippen molar-refractivity contribution in [1.82, 2.24) is 4.90 Å². The van der Waals surface area contributed by atoms with Crippen LogP contribution in [0.25, 0.3) is 0 Å². The molecule has 0 aromatic heterocycles. The molecule has 0 unspecified atom stereocenters. The Balaban J connectivity index is 2.63. The van der Waals surface area contributed by atoms with Crippen LogP contribution in [-0.2, 0) is 0 Å². The van der Waals surface area contributed by atoms with Gasteiger partial charge in [0.15, 0.2) is 0 Å². The monoisotopic (exact) mass is 228 g/mol. The van der Waals surface area contributed by atoms with E-state index in [1.54, 1.807) is 0 Å². The zero-order valence-electron chi connectivity index (χ0n) is 9.14. The molecule has 0 bridgehead atoms. The molecule has 0 saturated heterocycles. The molecule has 88 valence electrons. The summed E-state index contributed by atoms with van der Waals surface area (Å²) < 4.78 is 18.4. The second-order valence-corrected chi connectivity index (χ2v) is 3.52. The minimum absolute atomic E-state index is 0.296. The van der Waals surface area contributed by atoms with E-state index in [1.807, 2.05) is 19.0 Å². The van der Waals surface area contributed by atoms with Gasteiger partial charge in [-0.25, -0.2) is 0 Å². The number of ether oxygens (including phenoxy) is 1. The number of nitrogens with zero attached hydrogens (tertiary/aromatic N) is 2. The molecule has 0 heterocycles. The Hall–Kier alpha value is -1.69. The van der Waals surface area contributed by atoms with Crippen molar-refractivity contribution in [3.05, 3.63) is 34.1 Å².